The Labute approximate surface area is 158 Å². The number of benzene rings is 2. The Morgan fingerprint density at radius 1 is 1.12 bits per heavy atom. The van der Waals surface area contributed by atoms with Crippen LogP contribution in [0.2, 0.25) is 0 Å². The van der Waals surface area contributed by atoms with E-state index in [4.69, 9.17) is 9.72 Å². The lowest BCUT2D eigenvalue weighted by molar-refractivity contribution is 0.415. The second-order valence-electron chi connectivity index (χ2n) is 5.37. The van der Waals surface area contributed by atoms with Gasteiger partial charge in [-0.2, -0.15) is 4.68 Å². The Morgan fingerprint density at radius 3 is 2.85 bits per heavy atom. The van der Waals surface area contributed by atoms with Gasteiger partial charge in [0.25, 0.3) is 0 Å². The fourth-order valence-electron chi connectivity index (χ4n) is 2.40. The van der Waals surface area contributed by atoms with Crippen LogP contribution in [0.3, 0.4) is 0 Å². The Bertz CT molecular complexity index is 1000. The summed E-state index contributed by atoms with van der Waals surface area (Å²) in [7, 11) is 1.67. The highest BCUT2D eigenvalue weighted by molar-refractivity contribution is 7.98. The van der Waals surface area contributed by atoms with Crippen molar-refractivity contribution in [1.82, 2.24) is 25.2 Å². The van der Waals surface area contributed by atoms with Crippen LogP contribution in [0.1, 0.15) is 5.69 Å². The Balaban J connectivity index is 1.48. The lowest BCUT2D eigenvalue weighted by Crippen LogP contribution is -1.98. The van der Waals surface area contributed by atoms with Gasteiger partial charge in [0.1, 0.15) is 10.8 Å². The van der Waals surface area contributed by atoms with Gasteiger partial charge in [-0.05, 0) is 34.7 Å². The summed E-state index contributed by atoms with van der Waals surface area (Å²) in [5, 5.41) is 15.8. The minimum Gasteiger partial charge on any atom is -0.497 e. The number of tetrazole rings is 1. The molecular weight excluding hydrogens is 366 g/mol. The van der Waals surface area contributed by atoms with Crippen LogP contribution in [0.15, 0.2) is 65.1 Å². The van der Waals surface area contributed by atoms with E-state index in [1.165, 1.54) is 0 Å². The highest BCUT2D eigenvalue weighted by atomic mass is 32.2. The minimum atomic E-state index is 0.702. The first kappa shape index (κ1) is 16.7. The number of hydrogen-bond acceptors (Lipinski definition) is 7. The summed E-state index contributed by atoms with van der Waals surface area (Å²) in [4.78, 5) is 4.72. The molecule has 130 valence electrons. The molecular formula is C18H15N5OS2. The van der Waals surface area contributed by atoms with Gasteiger partial charge < -0.3 is 4.74 Å². The van der Waals surface area contributed by atoms with Gasteiger partial charge in [-0.15, -0.1) is 16.4 Å². The van der Waals surface area contributed by atoms with E-state index < -0.39 is 0 Å². The van der Waals surface area contributed by atoms with Crippen molar-refractivity contribution in [2.24, 2.45) is 0 Å². The normalized spacial score (nSPS) is 10.8. The molecule has 2 aromatic heterocycles. The van der Waals surface area contributed by atoms with E-state index in [1.54, 1.807) is 34.9 Å². The van der Waals surface area contributed by atoms with Crippen LogP contribution in [-0.4, -0.2) is 32.3 Å². The second-order valence-corrected chi connectivity index (χ2v) is 7.17. The highest BCUT2D eigenvalue weighted by Crippen LogP contribution is 2.29. The Kier molecular flexibility index (Phi) is 4.94. The van der Waals surface area contributed by atoms with E-state index in [9.17, 15) is 0 Å². The minimum absolute atomic E-state index is 0.702. The Morgan fingerprint density at radius 2 is 2.00 bits per heavy atom. The first-order chi connectivity index (χ1) is 12.8. The van der Waals surface area contributed by atoms with Crippen LogP contribution < -0.4 is 4.74 Å². The zero-order chi connectivity index (χ0) is 17.8. The molecule has 0 radical (unpaired) electrons. The average molecular weight is 381 g/mol. The monoisotopic (exact) mass is 381 g/mol. The predicted molar refractivity (Wildman–Crippen MR) is 103 cm³/mol. The second kappa shape index (κ2) is 7.67. The predicted octanol–water partition coefficient (Wildman–Crippen LogP) is 4.09. The first-order valence-electron chi connectivity index (χ1n) is 7.89. The van der Waals surface area contributed by atoms with Crippen LogP contribution in [0.4, 0.5) is 0 Å². The Hall–Kier alpha value is -2.71. The summed E-state index contributed by atoms with van der Waals surface area (Å²) < 4.78 is 7.02. The van der Waals surface area contributed by atoms with Gasteiger partial charge >= 0.3 is 0 Å². The summed E-state index contributed by atoms with van der Waals surface area (Å²) in [6, 6.07) is 17.8. The fourth-order valence-corrected chi connectivity index (χ4v) is 4.11. The molecule has 0 aliphatic rings. The van der Waals surface area contributed by atoms with Crippen molar-refractivity contribution in [3.63, 3.8) is 0 Å². The molecule has 0 saturated carbocycles. The van der Waals surface area contributed by atoms with Gasteiger partial charge in [0.2, 0.25) is 5.16 Å². The van der Waals surface area contributed by atoms with E-state index in [-0.39, 0.29) is 0 Å². The number of methoxy groups -OCH3 is 1. The first-order valence-corrected chi connectivity index (χ1v) is 9.75. The summed E-state index contributed by atoms with van der Waals surface area (Å²) in [6.45, 7) is 0. The molecule has 2 aromatic carbocycles. The van der Waals surface area contributed by atoms with Crippen LogP contribution in [0, 0.1) is 0 Å². The van der Waals surface area contributed by atoms with E-state index in [1.807, 2.05) is 54.6 Å². The van der Waals surface area contributed by atoms with Crippen molar-refractivity contribution >= 4 is 23.1 Å². The highest BCUT2D eigenvalue weighted by Gasteiger charge is 2.11. The number of aromatic nitrogens is 5. The average Bonchev–Trinajstić information content (AvgIpc) is 3.36. The number of rotatable bonds is 6. The summed E-state index contributed by atoms with van der Waals surface area (Å²) in [6.07, 6.45) is 0. The van der Waals surface area contributed by atoms with Gasteiger partial charge in [0.15, 0.2) is 0 Å². The van der Waals surface area contributed by atoms with E-state index in [0.29, 0.717) is 5.75 Å². The molecule has 6 nitrogen and oxygen atoms in total. The van der Waals surface area contributed by atoms with Crippen molar-refractivity contribution in [2.75, 3.05) is 7.11 Å². The maximum absolute atomic E-state index is 5.28. The van der Waals surface area contributed by atoms with Gasteiger partial charge in [0, 0.05) is 16.7 Å². The molecule has 0 fully saturated rings. The standard InChI is InChI=1S/C18H15N5OS2/c1-24-16-9-5-6-13(10-16)17-19-14(11-25-17)12-26-18-20-21-22-23(18)15-7-3-2-4-8-15/h2-11H,12H2,1H3. The van der Waals surface area contributed by atoms with E-state index in [0.717, 1.165) is 32.9 Å². The molecule has 0 aliphatic carbocycles. The molecule has 4 aromatic rings. The molecule has 8 heteroatoms. The van der Waals surface area contributed by atoms with Crippen LogP contribution in [-0.2, 0) is 5.75 Å². The molecule has 0 spiro atoms. The third-order valence-corrected chi connectivity index (χ3v) is 5.55. The molecule has 0 amide bonds. The lowest BCUT2D eigenvalue weighted by Gasteiger charge is -2.03. The summed E-state index contributed by atoms with van der Waals surface area (Å²) >= 11 is 3.19. The zero-order valence-corrected chi connectivity index (χ0v) is 15.6. The van der Waals surface area contributed by atoms with Crippen molar-refractivity contribution < 1.29 is 4.74 Å². The zero-order valence-electron chi connectivity index (χ0n) is 13.9. The van der Waals surface area contributed by atoms with Crippen LogP contribution >= 0.6 is 23.1 Å². The lowest BCUT2D eigenvalue weighted by atomic mass is 10.2. The molecule has 0 aliphatic heterocycles. The molecule has 0 atom stereocenters. The number of ether oxygens (including phenoxy) is 1. The summed E-state index contributed by atoms with van der Waals surface area (Å²) in [5.41, 5.74) is 3.00. The molecule has 26 heavy (non-hydrogen) atoms. The maximum atomic E-state index is 5.28. The van der Waals surface area contributed by atoms with E-state index >= 15 is 0 Å². The molecule has 2 heterocycles. The van der Waals surface area contributed by atoms with Crippen molar-refractivity contribution in [3.8, 4) is 22.0 Å². The van der Waals surface area contributed by atoms with Gasteiger partial charge in [-0.3, -0.25) is 0 Å². The maximum Gasteiger partial charge on any atom is 0.214 e. The molecule has 0 N–H and O–H groups in total. The van der Waals surface area contributed by atoms with Crippen molar-refractivity contribution in [3.05, 3.63) is 65.7 Å². The third-order valence-electron chi connectivity index (χ3n) is 3.66. The number of hydrogen-bond donors (Lipinski definition) is 0. The molecule has 0 unspecified atom stereocenters. The topological polar surface area (TPSA) is 65.7 Å². The van der Waals surface area contributed by atoms with Crippen LogP contribution in [0.5, 0.6) is 5.75 Å². The van der Waals surface area contributed by atoms with Crippen molar-refractivity contribution in [2.45, 2.75) is 10.9 Å². The van der Waals surface area contributed by atoms with E-state index in [2.05, 4.69) is 20.9 Å². The quantitative estimate of drug-likeness (QED) is 0.469. The number of thiazole rings is 1. The van der Waals surface area contributed by atoms with Gasteiger partial charge in [-0.1, -0.05) is 42.1 Å². The molecule has 0 saturated heterocycles. The van der Waals surface area contributed by atoms with Crippen molar-refractivity contribution in [1.29, 1.82) is 0 Å². The van der Waals surface area contributed by atoms with Gasteiger partial charge in [0.05, 0.1) is 18.5 Å². The number of nitrogens with zero attached hydrogens (tertiary/aromatic N) is 5. The SMILES string of the molecule is COc1cccc(-c2nc(CSc3nnnn3-c3ccccc3)cs2)c1. The fraction of sp³-hybridized carbons (Fsp3) is 0.111. The smallest absolute Gasteiger partial charge is 0.214 e. The molecule has 4 rings (SSSR count). The number of thioether (sulfide) groups is 1. The van der Waals surface area contributed by atoms with Crippen LogP contribution in [0.25, 0.3) is 16.3 Å². The van der Waals surface area contributed by atoms with Gasteiger partial charge in [-0.25, -0.2) is 4.98 Å². The third kappa shape index (κ3) is 3.61. The molecule has 0 bridgehead atoms. The summed E-state index contributed by atoms with van der Waals surface area (Å²) in [5.74, 6) is 1.53. The largest absolute Gasteiger partial charge is 0.497 e. The number of para-hydroxylation sites is 1.